The van der Waals surface area contributed by atoms with Gasteiger partial charge < -0.3 is 10.4 Å². The van der Waals surface area contributed by atoms with E-state index in [9.17, 15) is 29.2 Å². The third-order valence-electron chi connectivity index (χ3n) is 3.39. The Morgan fingerprint density at radius 2 is 1.88 bits per heavy atom. The number of carboxylic acids is 1. The topological polar surface area (TPSA) is 110 Å². The van der Waals surface area contributed by atoms with Gasteiger partial charge >= 0.3 is 5.97 Å². The predicted molar refractivity (Wildman–Crippen MR) is 88.1 cm³/mol. The molecule has 0 unspecified atom stereocenters. The molecule has 7 nitrogen and oxygen atoms in total. The molecule has 0 heterocycles. The maximum absolute atomic E-state index is 13.0. The monoisotopic (exact) mass is 366 g/mol. The van der Waals surface area contributed by atoms with Crippen molar-refractivity contribution in [3.8, 4) is 0 Å². The molecule has 0 aliphatic heterocycles. The molecule has 2 aromatic rings. The van der Waals surface area contributed by atoms with Crippen LogP contribution in [0.4, 0.5) is 15.8 Å². The summed E-state index contributed by atoms with van der Waals surface area (Å²) >= 11 is 5.69. The predicted octanol–water partition coefficient (Wildman–Crippen LogP) is 3.58. The van der Waals surface area contributed by atoms with E-state index in [1.54, 1.807) is 0 Å². The SMILES string of the molecule is O=C(C[C@@H](C(=O)O)c1ccc(F)cc1)Nc1ccc(Cl)cc1[N+](=O)[O-]. The number of hydrogen-bond donors (Lipinski definition) is 2. The maximum atomic E-state index is 13.0. The number of carboxylic acid groups (broad SMARTS) is 1. The number of carbonyl (C=O) groups is 2. The number of nitrogens with one attached hydrogen (secondary N) is 1. The zero-order valence-corrected chi connectivity index (χ0v) is 13.4. The second-order valence-electron chi connectivity index (χ2n) is 5.11. The summed E-state index contributed by atoms with van der Waals surface area (Å²) in [5, 5.41) is 22.7. The van der Waals surface area contributed by atoms with Gasteiger partial charge in [-0.1, -0.05) is 23.7 Å². The van der Waals surface area contributed by atoms with Gasteiger partial charge in [-0.05, 0) is 29.8 Å². The number of anilines is 1. The van der Waals surface area contributed by atoms with Crippen molar-refractivity contribution in [1.29, 1.82) is 0 Å². The van der Waals surface area contributed by atoms with Crippen LogP contribution < -0.4 is 5.32 Å². The Bertz CT molecular complexity index is 826. The van der Waals surface area contributed by atoms with Crippen molar-refractivity contribution in [3.05, 3.63) is 69.0 Å². The van der Waals surface area contributed by atoms with Crippen LogP contribution in [0.5, 0.6) is 0 Å². The van der Waals surface area contributed by atoms with Crippen LogP contribution in [-0.4, -0.2) is 21.9 Å². The zero-order valence-electron chi connectivity index (χ0n) is 12.6. The first kappa shape index (κ1) is 18.3. The van der Waals surface area contributed by atoms with Gasteiger partial charge in [-0.25, -0.2) is 4.39 Å². The molecular weight excluding hydrogens is 355 g/mol. The summed E-state index contributed by atoms with van der Waals surface area (Å²) in [5.41, 5.74) is -0.258. The van der Waals surface area contributed by atoms with Gasteiger partial charge in [0.05, 0.1) is 10.8 Å². The number of aliphatic carboxylic acids is 1. The molecule has 0 aromatic heterocycles. The second kappa shape index (κ2) is 7.71. The molecule has 1 amide bonds. The van der Waals surface area contributed by atoms with Crippen molar-refractivity contribution in [2.45, 2.75) is 12.3 Å². The molecule has 0 aliphatic rings. The molecule has 0 fully saturated rings. The van der Waals surface area contributed by atoms with E-state index >= 15 is 0 Å². The minimum absolute atomic E-state index is 0.0948. The van der Waals surface area contributed by atoms with Crippen molar-refractivity contribution in [3.63, 3.8) is 0 Å². The number of nitro groups is 1. The molecule has 1 atom stereocenters. The summed E-state index contributed by atoms with van der Waals surface area (Å²) in [6, 6.07) is 8.41. The van der Waals surface area contributed by atoms with E-state index in [1.165, 1.54) is 24.3 Å². The van der Waals surface area contributed by atoms with E-state index in [0.717, 1.165) is 18.2 Å². The standard InChI is InChI=1S/C16H12ClFN2O5/c17-10-3-6-13(14(7-10)20(24)25)19-15(21)8-12(16(22)23)9-1-4-11(18)5-2-9/h1-7,12H,8H2,(H,19,21)(H,22,23)/t12-/m1/s1. The molecule has 2 aromatic carbocycles. The summed E-state index contributed by atoms with van der Waals surface area (Å²) in [6.07, 6.45) is -0.471. The highest BCUT2D eigenvalue weighted by Gasteiger charge is 2.25. The van der Waals surface area contributed by atoms with Gasteiger partial charge in [0.15, 0.2) is 0 Å². The molecule has 2 rings (SSSR count). The summed E-state index contributed by atoms with van der Waals surface area (Å²) < 4.78 is 13.0. The highest BCUT2D eigenvalue weighted by molar-refractivity contribution is 6.31. The van der Waals surface area contributed by atoms with Crippen molar-refractivity contribution in [2.75, 3.05) is 5.32 Å². The molecule has 0 radical (unpaired) electrons. The fourth-order valence-corrected chi connectivity index (χ4v) is 2.36. The second-order valence-corrected chi connectivity index (χ2v) is 5.55. The lowest BCUT2D eigenvalue weighted by Crippen LogP contribution is -2.21. The van der Waals surface area contributed by atoms with Crippen LogP contribution in [0.1, 0.15) is 17.9 Å². The van der Waals surface area contributed by atoms with Crippen LogP contribution in [0.25, 0.3) is 0 Å². The number of nitro benzene ring substituents is 1. The number of nitrogens with zero attached hydrogens (tertiary/aromatic N) is 1. The minimum atomic E-state index is -1.27. The first-order valence-electron chi connectivity index (χ1n) is 7.00. The number of halogens is 2. The maximum Gasteiger partial charge on any atom is 0.311 e. The van der Waals surface area contributed by atoms with Gasteiger partial charge in [0.2, 0.25) is 5.91 Å². The molecule has 0 aliphatic carbocycles. The van der Waals surface area contributed by atoms with E-state index in [-0.39, 0.29) is 16.3 Å². The quantitative estimate of drug-likeness (QED) is 0.599. The molecule has 9 heteroatoms. The number of benzene rings is 2. The van der Waals surface area contributed by atoms with Gasteiger partial charge in [-0.15, -0.1) is 0 Å². The molecule has 0 bridgehead atoms. The Balaban J connectivity index is 2.19. The third kappa shape index (κ3) is 4.74. The van der Waals surface area contributed by atoms with Crippen molar-refractivity contribution in [1.82, 2.24) is 0 Å². The van der Waals surface area contributed by atoms with Crippen LogP contribution in [-0.2, 0) is 9.59 Å². The van der Waals surface area contributed by atoms with Crippen LogP contribution >= 0.6 is 11.6 Å². The Labute approximate surface area is 146 Å². The van der Waals surface area contributed by atoms with Gasteiger partial charge in [0.1, 0.15) is 11.5 Å². The molecule has 130 valence electrons. The summed E-state index contributed by atoms with van der Waals surface area (Å²) in [4.78, 5) is 33.8. The lowest BCUT2D eigenvalue weighted by molar-refractivity contribution is -0.383. The zero-order chi connectivity index (χ0) is 18.6. The fraction of sp³-hybridized carbons (Fsp3) is 0.125. The van der Waals surface area contributed by atoms with Crippen LogP contribution in [0.15, 0.2) is 42.5 Å². The molecule has 0 saturated carbocycles. The van der Waals surface area contributed by atoms with E-state index < -0.39 is 40.6 Å². The van der Waals surface area contributed by atoms with Gasteiger partial charge in [-0.2, -0.15) is 0 Å². The van der Waals surface area contributed by atoms with Crippen molar-refractivity contribution >= 4 is 34.9 Å². The Kier molecular flexibility index (Phi) is 5.66. The number of carbonyl (C=O) groups excluding carboxylic acids is 1. The molecule has 25 heavy (non-hydrogen) atoms. The molecular formula is C16H12ClFN2O5. The lowest BCUT2D eigenvalue weighted by Gasteiger charge is -2.13. The van der Waals surface area contributed by atoms with E-state index in [4.69, 9.17) is 11.6 Å². The average molecular weight is 367 g/mol. The lowest BCUT2D eigenvalue weighted by atomic mass is 9.95. The summed E-state index contributed by atoms with van der Waals surface area (Å²) in [7, 11) is 0. The normalized spacial score (nSPS) is 11.6. The first-order valence-corrected chi connectivity index (χ1v) is 7.38. The van der Waals surface area contributed by atoms with Crippen LogP contribution in [0.2, 0.25) is 5.02 Å². The number of hydrogen-bond acceptors (Lipinski definition) is 4. The van der Waals surface area contributed by atoms with Gasteiger partial charge in [0.25, 0.3) is 5.69 Å². The molecule has 0 spiro atoms. The third-order valence-corrected chi connectivity index (χ3v) is 3.63. The van der Waals surface area contributed by atoms with Gasteiger partial charge in [-0.3, -0.25) is 19.7 Å². The Morgan fingerprint density at radius 3 is 2.44 bits per heavy atom. The largest absolute Gasteiger partial charge is 0.481 e. The summed E-state index contributed by atoms with van der Waals surface area (Å²) in [6.45, 7) is 0. The molecule has 2 N–H and O–H groups in total. The average Bonchev–Trinajstić information content (AvgIpc) is 2.55. The number of rotatable bonds is 6. The smallest absolute Gasteiger partial charge is 0.311 e. The fourth-order valence-electron chi connectivity index (χ4n) is 2.19. The van der Waals surface area contributed by atoms with Gasteiger partial charge in [0, 0.05) is 17.5 Å². The Hall–Kier alpha value is -3.00. The van der Waals surface area contributed by atoms with E-state index in [1.807, 2.05) is 0 Å². The van der Waals surface area contributed by atoms with Crippen LogP contribution in [0, 0.1) is 15.9 Å². The van der Waals surface area contributed by atoms with Crippen molar-refractivity contribution in [2.24, 2.45) is 0 Å². The minimum Gasteiger partial charge on any atom is -0.481 e. The van der Waals surface area contributed by atoms with Crippen LogP contribution in [0.3, 0.4) is 0 Å². The van der Waals surface area contributed by atoms with E-state index in [2.05, 4.69) is 5.32 Å². The van der Waals surface area contributed by atoms with Crippen molar-refractivity contribution < 1.29 is 24.0 Å². The highest BCUT2D eigenvalue weighted by Crippen LogP contribution is 2.29. The van der Waals surface area contributed by atoms with E-state index in [0.29, 0.717) is 0 Å². The Morgan fingerprint density at radius 1 is 1.24 bits per heavy atom. The summed E-state index contributed by atoms with van der Waals surface area (Å²) in [5.74, 6) is -3.75. The first-order chi connectivity index (χ1) is 11.8. The number of amides is 1. The highest BCUT2D eigenvalue weighted by atomic mass is 35.5. The molecule has 0 saturated heterocycles.